The third-order valence-electron chi connectivity index (χ3n) is 3.87. The van der Waals surface area contributed by atoms with Gasteiger partial charge in [0.1, 0.15) is 0 Å². The first kappa shape index (κ1) is 21.2. The number of halogens is 3. The summed E-state index contributed by atoms with van der Waals surface area (Å²) in [5.74, 6) is 0. The molecule has 0 fully saturated rings. The van der Waals surface area contributed by atoms with Crippen LogP contribution in [-0.2, 0) is 16.0 Å². The summed E-state index contributed by atoms with van der Waals surface area (Å²) in [5, 5.41) is 5.96. The topological polar surface area (TPSA) is 58.2 Å². The van der Waals surface area contributed by atoms with Gasteiger partial charge in [0, 0.05) is 11.9 Å². The summed E-state index contributed by atoms with van der Waals surface area (Å²) < 4.78 is 61.4. The van der Waals surface area contributed by atoms with Crippen LogP contribution in [0.1, 0.15) is 30.5 Å². The SMILES string of the molecule is CC[C@H](NC(=S)Nc1cccc(C(F)(F)F)c1)c1ccc(S(C)(=O)=O)cc1. The van der Waals surface area contributed by atoms with Crippen LogP contribution in [0.5, 0.6) is 0 Å². The summed E-state index contributed by atoms with van der Waals surface area (Å²) in [6.07, 6.45) is -2.66. The lowest BCUT2D eigenvalue weighted by Crippen LogP contribution is -2.32. The molecule has 0 heterocycles. The highest BCUT2D eigenvalue weighted by Gasteiger charge is 2.30. The number of hydrogen-bond donors (Lipinski definition) is 2. The number of nitrogens with one attached hydrogen (secondary N) is 2. The molecule has 0 unspecified atom stereocenters. The maximum Gasteiger partial charge on any atom is 0.416 e. The minimum absolute atomic E-state index is 0.174. The molecule has 0 aliphatic heterocycles. The van der Waals surface area contributed by atoms with Crippen molar-refractivity contribution in [1.82, 2.24) is 5.32 Å². The molecule has 2 rings (SSSR count). The molecule has 0 spiro atoms. The predicted octanol–water partition coefficient (Wildman–Crippen LogP) is 4.55. The van der Waals surface area contributed by atoms with E-state index < -0.39 is 21.6 Å². The van der Waals surface area contributed by atoms with Crippen LogP contribution < -0.4 is 10.6 Å². The van der Waals surface area contributed by atoms with E-state index in [1.165, 1.54) is 24.3 Å². The van der Waals surface area contributed by atoms with Crippen molar-refractivity contribution < 1.29 is 21.6 Å². The Morgan fingerprint density at radius 2 is 1.78 bits per heavy atom. The van der Waals surface area contributed by atoms with Crippen molar-refractivity contribution >= 4 is 32.9 Å². The standard InChI is InChI=1S/C18H19F3N2O2S2/c1-3-16(12-7-9-15(10-8-12)27(2,24)25)23-17(26)22-14-6-4-5-13(11-14)18(19,20)21/h4-11,16H,3H2,1-2H3,(H2,22,23,26)/t16-/m0/s1. The van der Waals surface area contributed by atoms with Crippen molar-refractivity contribution in [2.75, 3.05) is 11.6 Å². The van der Waals surface area contributed by atoms with Gasteiger partial charge in [-0.05, 0) is 54.5 Å². The lowest BCUT2D eigenvalue weighted by atomic mass is 10.1. The molecule has 0 amide bonds. The molecule has 2 aromatic rings. The smallest absolute Gasteiger partial charge is 0.356 e. The summed E-state index contributed by atoms with van der Waals surface area (Å²) in [5.41, 5.74) is 0.279. The van der Waals surface area contributed by atoms with Gasteiger partial charge in [-0.2, -0.15) is 13.2 Å². The zero-order valence-corrected chi connectivity index (χ0v) is 16.3. The molecule has 0 aliphatic carbocycles. The maximum absolute atomic E-state index is 12.8. The Kier molecular flexibility index (Phi) is 6.48. The number of hydrogen-bond acceptors (Lipinski definition) is 3. The Balaban J connectivity index is 2.09. The Bertz CT molecular complexity index is 911. The van der Waals surface area contributed by atoms with Crippen molar-refractivity contribution in [2.45, 2.75) is 30.5 Å². The monoisotopic (exact) mass is 416 g/mol. The van der Waals surface area contributed by atoms with Gasteiger partial charge < -0.3 is 10.6 Å². The number of thiocarbonyl (C=S) groups is 1. The third kappa shape index (κ3) is 5.93. The van der Waals surface area contributed by atoms with Crippen LogP contribution in [0.4, 0.5) is 18.9 Å². The number of benzene rings is 2. The molecule has 0 radical (unpaired) electrons. The van der Waals surface area contributed by atoms with Crippen LogP contribution >= 0.6 is 12.2 Å². The van der Waals surface area contributed by atoms with E-state index in [4.69, 9.17) is 12.2 Å². The van der Waals surface area contributed by atoms with Crippen LogP contribution in [0.15, 0.2) is 53.4 Å². The molecule has 27 heavy (non-hydrogen) atoms. The number of sulfone groups is 1. The minimum Gasteiger partial charge on any atom is -0.356 e. The van der Waals surface area contributed by atoms with Crippen LogP contribution in [0.2, 0.25) is 0 Å². The Morgan fingerprint density at radius 3 is 2.30 bits per heavy atom. The molecule has 0 aliphatic rings. The van der Waals surface area contributed by atoms with E-state index in [2.05, 4.69) is 10.6 Å². The Morgan fingerprint density at radius 1 is 1.15 bits per heavy atom. The van der Waals surface area contributed by atoms with Crippen LogP contribution in [0.25, 0.3) is 0 Å². The van der Waals surface area contributed by atoms with Gasteiger partial charge in [0.2, 0.25) is 0 Å². The van der Waals surface area contributed by atoms with E-state index in [1.807, 2.05) is 6.92 Å². The van der Waals surface area contributed by atoms with Gasteiger partial charge in [-0.15, -0.1) is 0 Å². The first-order chi connectivity index (χ1) is 12.5. The highest BCUT2D eigenvalue weighted by atomic mass is 32.2. The summed E-state index contributed by atoms with van der Waals surface area (Å²) in [6, 6.07) is 10.9. The second-order valence-electron chi connectivity index (χ2n) is 5.98. The van der Waals surface area contributed by atoms with Gasteiger partial charge in [-0.1, -0.05) is 25.1 Å². The van der Waals surface area contributed by atoms with Crippen LogP contribution in [-0.4, -0.2) is 19.8 Å². The van der Waals surface area contributed by atoms with Crippen LogP contribution in [0.3, 0.4) is 0 Å². The quantitative estimate of drug-likeness (QED) is 0.701. The summed E-state index contributed by atoms with van der Waals surface area (Å²) in [7, 11) is -3.28. The van der Waals surface area contributed by atoms with E-state index in [1.54, 1.807) is 12.1 Å². The molecule has 9 heteroatoms. The fourth-order valence-electron chi connectivity index (χ4n) is 2.47. The average Bonchev–Trinajstić information content (AvgIpc) is 2.58. The summed E-state index contributed by atoms with van der Waals surface area (Å²) >= 11 is 5.20. The number of anilines is 1. The molecule has 4 nitrogen and oxygen atoms in total. The molecule has 0 saturated heterocycles. The molecule has 0 saturated carbocycles. The van der Waals surface area contributed by atoms with Gasteiger partial charge >= 0.3 is 6.18 Å². The van der Waals surface area contributed by atoms with Crippen LogP contribution in [0, 0.1) is 0 Å². The molecule has 2 aromatic carbocycles. The zero-order chi connectivity index (χ0) is 20.2. The van der Waals surface area contributed by atoms with E-state index in [0.29, 0.717) is 6.42 Å². The molecular formula is C18H19F3N2O2S2. The highest BCUT2D eigenvalue weighted by Crippen LogP contribution is 2.30. The zero-order valence-electron chi connectivity index (χ0n) is 14.7. The molecule has 0 aromatic heterocycles. The Labute approximate surface area is 161 Å². The average molecular weight is 416 g/mol. The summed E-state index contributed by atoms with van der Waals surface area (Å²) in [6.45, 7) is 1.91. The molecule has 2 N–H and O–H groups in total. The fourth-order valence-corrected chi connectivity index (χ4v) is 3.36. The van der Waals surface area contributed by atoms with Crippen molar-refractivity contribution in [3.8, 4) is 0 Å². The summed E-state index contributed by atoms with van der Waals surface area (Å²) in [4.78, 5) is 0.214. The minimum atomic E-state index is -4.43. The molecule has 0 bridgehead atoms. The van der Waals surface area contributed by atoms with E-state index in [-0.39, 0.29) is 21.7 Å². The lowest BCUT2D eigenvalue weighted by Gasteiger charge is -2.20. The Hall–Kier alpha value is -2.13. The third-order valence-corrected chi connectivity index (χ3v) is 5.22. The maximum atomic E-state index is 12.8. The second kappa shape index (κ2) is 8.26. The lowest BCUT2D eigenvalue weighted by molar-refractivity contribution is -0.137. The van der Waals surface area contributed by atoms with Gasteiger partial charge in [0.05, 0.1) is 16.5 Å². The van der Waals surface area contributed by atoms with E-state index in [9.17, 15) is 21.6 Å². The van der Waals surface area contributed by atoms with Crippen molar-refractivity contribution in [2.24, 2.45) is 0 Å². The van der Waals surface area contributed by atoms with Crippen molar-refractivity contribution in [3.63, 3.8) is 0 Å². The first-order valence-corrected chi connectivity index (χ1v) is 10.4. The first-order valence-electron chi connectivity index (χ1n) is 8.05. The van der Waals surface area contributed by atoms with Gasteiger partial charge in [-0.3, -0.25) is 0 Å². The molecule has 146 valence electrons. The van der Waals surface area contributed by atoms with Gasteiger partial charge in [-0.25, -0.2) is 8.42 Å². The van der Waals surface area contributed by atoms with E-state index in [0.717, 1.165) is 24.0 Å². The van der Waals surface area contributed by atoms with E-state index >= 15 is 0 Å². The second-order valence-corrected chi connectivity index (χ2v) is 8.40. The highest BCUT2D eigenvalue weighted by molar-refractivity contribution is 7.90. The van der Waals surface area contributed by atoms with Crippen molar-refractivity contribution in [3.05, 3.63) is 59.7 Å². The normalized spacial score (nSPS) is 13.1. The molecule has 1 atom stereocenters. The molecular weight excluding hydrogens is 397 g/mol. The van der Waals surface area contributed by atoms with Gasteiger partial charge in [0.25, 0.3) is 0 Å². The largest absolute Gasteiger partial charge is 0.416 e. The fraction of sp³-hybridized carbons (Fsp3) is 0.278. The number of rotatable bonds is 5. The van der Waals surface area contributed by atoms with Gasteiger partial charge in [0.15, 0.2) is 14.9 Å². The van der Waals surface area contributed by atoms with Crippen molar-refractivity contribution in [1.29, 1.82) is 0 Å². The number of alkyl halides is 3. The predicted molar refractivity (Wildman–Crippen MR) is 103 cm³/mol.